The van der Waals surface area contributed by atoms with Crippen LogP contribution in [0.25, 0.3) is 0 Å². The van der Waals surface area contributed by atoms with E-state index in [2.05, 4.69) is 10.5 Å². The van der Waals surface area contributed by atoms with Gasteiger partial charge in [0, 0.05) is 12.1 Å². The SMILES string of the molecule is Cc1noc(Cl)c1CC(=O)NCCc1ccccc1. The van der Waals surface area contributed by atoms with Gasteiger partial charge in [-0.2, -0.15) is 0 Å². The summed E-state index contributed by atoms with van der Waals surface area (Å²) in [5.41, 5.74) is 2.50. The quantitative estimate of drug-likeness (QED) is 0.914. The standard InChI is InChI=1S/C14H15ClN2O2/c1-10-12(14(15)19-17-10)9-13(18)16-8-7-11-5-3-2-4-6-11/h2-6H,7-9H2,1H3,(H,16,18). The van der Waals surface area contributed by atoms with E-state index in [0.717, 1.165) is 6.42 Å². The molecule has 1 aromatic carbocycles. The van der Waals surface area contributed by atoms with E-state index in [0.29, 0.717) is 17.8 Å². The van der Waals surface area contributed by atoms with Crippen molar-refractivity contribution in [3.63, 3.8) is 0 Å². The van der Waals surface area contributed by atoms with Crippen LogP contribution in [0.2, 0.25) is 5.22 Å². The maximum Gasteiger partial charge on any atom is 0.229 e. The number of hydrogen-bond acceptors (Lipinski definition) is 3. The predicted molar refractivity (Wildman–Crippen MR) is 73.1 cm³/mol. The molecule has 0 radical (unpaired) electrons. The number of rotatable bonds is 5. The minimum Gasteiger partial charge on any atom is -0.355 e. The largest absolute Gasteiger partial charge is 0.355 e. The molecule has 1 aromatic heterocycles. The van der Waals surface area contributed by atoms with E-state index in [9.17, 15) is 4.79 Å². The molecule has 0 fully saturated rings. The van der Waals surface area contributed by atoms with Gasteiger partial charge in [-0.1, -0.05) is 35.5 Å². The molecule has 2 rings (SSSR count). The Morgan fingerprint density at radius 3 is 2.74 bits per heavy atom. The average Bonchev–Trinajstić information content (AvgIpc) is 2.72. The second-order valence-corrected chi connectivity index (χ2v) is 4.63. The van der Waals surface area contributed by atoms with Gasteiger partial charge in [-0.15, -0.1) is 0 Å². The highest BCUT2D eigenvalue weighted by atomic mass is 35.5. The fourth-order valence-electron chi connectivity index (χ4n) is 1.77. The van der Waals surface area contributed by atoms with Crippen molar-refractivity contribution < 1.29 is 9.32 Å². The molecule has 2 aromatic rings. The van der Waals surface area contributed by atoms with Gasteiger partial charge in [-0.25, -0.2) is 0 Å². The Hall–Kier alpha value is -1.81. The zero-order chi connectivity index (χ0) is 13.7. The number of nitrogens with one attached hydrogen (secondary N) is 1. The lowest BCUT2D eigenvalue weighted by Crippen LogP contribution is -2.27. The lowest BCUT2D eigenvalue weighted by molar-refractivity contribution is -0.120. The highest BCUT2D eigenvalue weighted by Crippen LogP contribution is 2.19. The van der Waals surface area contributed by atoms with Crippen LogP contribution in [-0.2, 0) is 17.6 Å². The van der Waals surface area contributed by atoms with E-state index >= 15 is 0 Å². The van der Waals surface area contributed by atoms with Crippen molar-refractivity contribution in [2.75, 3.05) is 6.54 Å². The van der Waals surface area contributed by atoms with Crippen molar-refractivity contribution >= 4 is 17.5 Å². The summed E-state index contributed by atoms with van der Waals surface area (Å²) < 4.78 is 4.81. The molecule has 0 aliphatic carbocycles. The molecule has 100 valence electrons. The lowest BCUT2D eigenvalue weighted by atomic mass is 10.1. The van der Waals surface area contributed by atoms with E-state index in [1.54, 1.807) is 6.92 Å². The Morgan fingerprint density at radius 1 is 1.37 bits per heavy atom. The minimum atomic E-state index is -0.0795. The Morgan fingerprint density at radius 2 is 2.11 bits per heavy atom. The highest BCUT2D eigenvalue weighted by Gasteiger charge is 2.14. The first-order chi connectivity index (χ1) is 9.16. The van der Waals surface area contributed by atoms with Crippen molar-refractivity contribution in [1.82, 2.24) is 10.5 Å². The number of nitrogens with zero attached hydrogens (tertiary/aromatic N) is 1. The van der Waals surface area contributed by atoms with E-state index in [1.165, 1.54) is 5.56 Å². The third kappa shape index (κ3) is 3.83. The first-order valence-corrected chi connectivity index (χ1v) is 6.46. The summed E-state index contributed by atoms with van der Waals surface area (Å²) in [7, 11) is 0. The van der Waals surface area contributed by atoms with Gasteiger partial charge < -0.3 is 9.84 Å². The van der Waals surface area contributed by atoms with Gasteiger partial charge in [-0.3, -0.25) is 4.79 Å². The van der Waals surface area contributed by atoms with Crippen LogP contribution in [0.3, 0.4) is 0 Å². The van der Waals surface area contributed by atoms with Gasteiger partial charge >= 0.3 is 0 Å². The van der Waals surface area contributed by atoms with Crippen molar-refractivity contribution in [3.8, 4) is 0 Å². The fraction of sp³-hybridized carbons (Fsp3) is 0.286. The molecule has 1 N–H and O–H groups in total. The van der Waals surface area contributed by atoms with Crippen LogP contribution in [0.1, 0.15) is 16.8 Å². The summed E-state index contributed by atoms with van der Waals surface area (Å²) in [6.07, 6.45) is 1.01. The molecule has 0 unspecified atom stereocenters. The van der Waals surface area contributed by atoms with Gasteiger partial charge in [0.15, 0.2) is 0 Å². The molecule has 0 saturated carbocycles. The molecule has 5 heteroatoms. The second kappa shape index (κ2) is 6.38. The Bertz CT molecular complexity index is 532. The van der Waals surface area contributed by atoms with Crippen LogP contribution in [0, 0.1) is 6.92 Å². The number of carbonyl (C=O) groups excluding carboxylic acids is 1. The smallest absolute Gasteiger partial charge is 0.229 e. The number of aryl methyl sites for hydroxylation is 1. The van der Waals surface area contributed by atoms with Gasteiger partial charge in [0.25, 0.3) is 0 Å². The number of aromatic nitrogens is 1. The van der Waals surface area contributed by atoms with Crippen molar-refractivity contribution in [2.45, 2.75) is 19.8 Å². The summed E-state index contributed by atoms with van der Waals surface area (Å²) in [5.74, 6) is -0.0795. The Labute approximate surface area is 116 Å². The summed E-state index contributed by atoms with van der Waals surface area (Å²) in [4.78, 5) is 11.8. The lowest BCUT2D eigenvalue weighted by Gasteiger charge is -2.04. The maximum atomic E-state index is 11.8. The average molecular weight is 279 g/mol. The normalized spacial score (nSPS) is 10.4. The van der Waals surface area contributed by atoms with E-state index in [4.69, 9.17) is 16.1 Å². The number of benzene rings is 1. The van der Waals surface area contributed by atoms with Crippen LogP contribution in [0.15, 0.2) is 34.9 Å². The molecule has 0 saturated heterocycles. The second-order valence-electron chi connectivity index (χ2n) is 4.28. The molecular weight excluding hydrogens is 264 g/mol. The first kappa shape index (κ1) is 13.6. The molecule has 1 heterocycles. The predicted octanol–water partition coefficient (Wildman–Crippen LogP) is 2.54. The third-order valence-electron chi connectivity index (χ3n) is 2.85. The number of amides is 1. The molecule has 0 aliphatic heterocycles. The van der Waals surface area contributed by atoms with E-state index in [1.807, 2.05) is 30.3 Å². The molecule has 1 amide bonds. The third-order valence-corrected chi connectivity index (χ3v) is 3.15. The number of hydrogen-bond donors (Lipinski definition) is 1. The first-order valence-electron chi connectivity index (χ1n) is 6.08. The molecule has 0 atom stereocenters. The summed E-state index contributed by atoms with van der Waals surface area (Å²) in [6.45, 7) is 2.37. The summed E-state index contributed by atoms with van der Waals surface area (Å²) in [5, 5.41) is 6.76. The zero-order valence-corrected chi connectivity index (χ0v) is 11.4. The molecule has 4 nitrogen and oxygen atoms in total. The number of halogens is 1. The molecule has 0 spiro atoms. The molecule has 0 bridgehead atoms. The monoisotopic (exact) mass is 278 g/mol. The van der Waals surface area contributed by atoms with Gasteiger partial charge in [0.1, 0.15) is 0 Å². The Kier molecular flexibility index (Phi) is 4.58. The van der Waals surface area contributed by atoms with Crippen LogP contribution >= 0.6 is 11.6 Å². The maximum absolute atomic E-state index is 11.8. The van der Waals surface area contributed by atoms with Crippen LogP contribution < -0.4 is 5.32 Å². The molecule has 0 aliphatic rings. The highest BCUT2D eigenvalue weighted by molar-refractivity contribution is 6.29. The summed E-state index contributed by atoms with van der Waals surface area (Å²) in [6, 6.07) is 10.0. The van der Waals surface area contributed by atoms with Crippen molar-refractivity contribution in [1.29, 1.82) is 0 Å². The minimum absolute atomic E-state index is 0.0795. The van der Waals surface area contributed by atoms with Crippen molar-refractivity contribution in [3.05, 3.63) is 52.4 Å². The van der Waals surface area contributed by atoms with Crippen LogP contribution in [-0.4, -0.2) is 17.6 Å². The summed E-state index contributed by atoms with van der Waals surface area (Å²) >= 11 is 5.81. The van der Waals surface area contributed by atoms with Crippen LogP contribution in [0.5, 0.6) is 0 Å². The van der Waals surface area contributed by atoms with E-state index in [-0.39, 0.29) is 17.5 Å². The Balaban J connectivity index is 1.79. The van der Waals surface area contributed by atoms with Crippen LogP contribution in [0.4, 0.5) is 0 Å². The number of carbonyl (C=O) groups is 1. The fourth-order valence-corrected chi connectivity index (χ4v) is 2.01. The molecule has 19 heavy (non-hydrogen) atoms. The zero-order valence-electron chi connectivity index (χ0n) is 10.6. The molecular formula is C14H15ClN2O2. The van der Waals surface area contributed by atoms with Gasteiger partial charge in [0.05, 0.1) is 12.1 Å². The topological polar surface area (TPSA) is 55.1 Å². The van der Waals surface area contributed by atoms with Crippen molar-refractivity contribution in [2.24, 2.45) is 0 Å². The van der Waals surface area contributed by atoms with Gasteiger partial charge in [-0.05, 0) is 30.5 Å². The van der Waals surface area contributed by atoms with E-state index < -0.39 is 0 Å². The van der Waals surface area contributed by atoms with Gasteiger partial charge in [0.2, 0.25) is 11.1 Å².